The van der Waals surface area contributed by atoms with Gasteiger partial charge in [-0.25, -0.2) is 0 Å². The van der Waals surface area contributed by atoms with Crippen LogP contribution in [0.2, 0.25) is 0 Å². The van der Waals surface area contributed by atoms with Crippen LogP contribution in [-0.4, -0.2) is 10.6 Å². The van der Waals surface area contributed by atoms with Crippen LogP contribution in [0.5, 0.6) is 0 Å². The number of aromatic nitrogens is 1. The van der Waals surface area contributed by atoms with E-state index in [-0.39, 0.29) is 11.5 Å². The van der Waals surface area contributed by atoms with Gasteiger partial charge in [0.15, 0.2) is 0 Å². The molecule has 8 aromatic rings. The Hall–Kier alpha value is -6.38. The number of benzene rings is 7. The fraction of sp³-hybridized carbons (Fsp3) is 0.0980. The number of fused-ring (bicyclic) bond motifs is 6. The van der Waals surface area contributed by atoms with Crippen molar-refractivity contribution in [2.45, 2.75) is 31.7 Å². The van der Waals surface area contributed by atoms with Crippen LogP contribution in [0.15, 0.2) is 188 Å². The SMILES string of the molecule is CC1(C)c2ccccc2-c2ccc(N(c3ccc(-c4ccccc4)cc3)C3C=CC(c4ccc5c(c4)c4ccccc4n5-c4ccccc4)=CC3)cc21. The summed E-state index contributed by atoms with van der Waals surface area (Å²) in [5, 5.41) is 2.55. The second-order valence-electron chi connectivity index (χ2n) is 14.9. The maximum atomic E-state index is 2.54. The molecule has 1 heterocycles. The lowest BCUT2D eigenvalue weighted by molar-refractivity contribution is 0.659. The Labute approximate surface area is 311 Å². The molecule has 7 aromatic carbocycles. The molecule has 0 spiro atoms. The molecular weight excluding hydrogens is 641 g/mol. The topological polar surface area (TPSA) is 8.17 Å². The first-order valence-corrected chi connectivity index (χ1v) is 18.7. The number of allylic oxidation sites excluding steroid dienone is 2. The molecule has 254 valence electrons. The van der Waals surface area contributed by atoms with Crippen LogP contribution in [0.4, 0.5) is 11.4 Å². The average Bonchev–Trinajstić information content (AvgIpc) is 3.67. The molecule has 1 unspecified atom stereocenters. The van der Waals surface area contributed by atoms with E-state index in [4.69, 9.17) is 0 Å². The highest BCUT2D eigenvalue weighted by Gasteiger charge is 2.36. The molecule has 2 heteroatoms. The first-order chi connectivity index (χ1) is 26.0. The summed E-state index contributed by atoms with van der Waals surface area (Å²) < 4.78 is 2.38. The summed E-state index contributed by atoms with van der Waals surface area (Å²) in [7, 11) is 0. The first-order valence-electron chi connectivity index (χ1n) is 18.7. The number of anilines is 2. The lowest BCUT2D eigenvalue weighted by Crippen LogP contribution is -2.30. The highest BCUT2D eigenvalue weighted by atomic mass is 15.2. The standard InChI is InChI=1S/C51H40N2/c1-51(2)47-19-11-9-17-43(47)44-31-30-42(34-48(44)51)52(40-26-21-36(22-27-40)35-13-5-3-6-14-35)41-28-23-37(24-29-41)38-25-32-50-46(33-38)45-18-10-12-20-49(45)53(50)39-15-7-4-8-16-39/h3-28,30-34,41H,29H2,1-2H3. The summed E-state index contributed by atoms with van der Waals surface area (Å²) in [4.78, 5) is 2.54. The van der Waals surface area contributed by atoms with Crippen molar-refractivity contribution >= 4 is 38.8 Å². The Balaban J connectivity index is 1.03. The summed E-state index contributed by atoms with van der Waals surface area (Å²) in [6.07, 6.45) is 8.08. The fourth-order valence-corrected chi connectivity index (χ4v) is 8.84. The van der Waals surface area contributed by atoms with E-state index in [1.165, 1.54) is 83.4 Å². The third-order valence-electron chi connectivity index (χ3n) is 11.5. The van der Waals surface area contributed by atoms with Crippen LogP contribution in [0.3, 0.4) is 0 Å². The van der Waals surface area contributed by atoms with E-state index in [1.807, 2.05) is 0 Å². The van der Waals surface area contributed by atoms with E-state index in [0.717, 1.165) is 6.42 Å². The van der Waals surface area contributed by atoms with Crippen molar-refractivity contribution < 1.29 is 0 Å². The number of hydrogen-bond donors (Lipinski definition) is 0. The third kappa shape index (κ3) is 5.17. The monoisotopic (exact) mass is 680 g/mol. The van der Waals surface area contributed by atoms with Gasteiger partial charge in [-0.15, -0.1) is 0 Å². The van der Waals surface area contributed by atoms with E-state index in [9.17, 15) is 0 Å². The molecule has 1 atom stereocenters. The molecule has 0 N–H and O–H groups in total. The lowest BCUT2D eigenvalue weighted by atomic mass is 9.82. The van der Waals surface area contributed by atoms with E-state index < -0.39 is 0 Å². The van der Waals surface area contributed by atoms with Crippen molar-refractivity contribution in [1.82, 2.24) is 4.57 Å². The Kier molecular flexibility index (Phi) is 7.33. The predicted molar refractivity (Wildman–Crippen MR) is 224 cm³/mol. The predicted octanol–water partition coefficient (Wildman–Crippen LogP) is 13.3. The second-order valence-corrected chi connectivity index (χ2v) is 14.9. The van der Waals surface area contributed by atoms with Gasteiger partial charge in [0.25, 0.3) is 0 Å². The molecule has 0 fully saturated rings. The van der Waals surface area contributed by atoms with Crippen LogP contribution in [0, 0.1) is 0 Å². The van der Waals surface area contributed by atoms with Crippen molar-refractivity contribution in [3.8, 4) is 27.9 Å². The molecule has 0 amide bonds. The number of para-hydroxylation sites is 2. The van der Waals surface area contributed by atoms with Gasteiger partial charge >= 0.3 is 0 Å². The molecule has 2 aliphatic rings. The zero-order chi connectivity index (χ0) is 35.5. The minimum absolute atomic E-state index is 0.0669. The number of nitrogens with zero attached hydrogens (tertiary/aromatic N) is 2. The van der Waals surface area contributed by atoms with Gasteiger partial charge in [0.2, 0.25) is 0 Å². The van der Waals surface area contributed by atoms with Crippen molar-refractivity contribution in [3.05, 3.63) is 205 Å². The van der Waals surface area contributed by atoms with E-state index in [1.54, 1.807) is 0 Å². The van der Waals surface area contributed by atoms with E-state index in [0.29, 0.717) is 0 Å². The van der Waals surface area contributed by atoms with Gasteiger partial charge in [-0.3, -0.25) is 0 Å². The maximum Gasteiger partial charge on any atom is 0.0560 e. The molecule has 0 radical (unpaired) electrons. The normalized spacial score (nSPS) is 15.7. The molecule has 0 bridgehead atoms. The molecule has 1 aromatic heterocycles. The zero-order valence-electron chi connectivity index (χ0n) is 30.1. The number of rotatable bonds is 6. The summed E-state index contributed by atoms with van der Waals surface area (Å²) >= 11 is 0. The average molecular weight is 681 g/mol. The Morgan fingerprint density at radius 1 is 0.528 bits per heavy atom. The van der Waals surface area contributed by atoms with Crippen LogP contribution >= 0.6 is 0 Å². The van der Waals surface area contributed by atoms with Crippen LogP contribution in [0.25, 0.3) is 55.3 Å². The molecule has 0 saturated carbocycles. The molecule has 2 aliphatic carbocycles. The largest absolute Gasteiger partial charge is 0.334 e. The van der Waals surface area contributed by atoms with E-state index in [2.05, 4.69) is 211 Å². The van der Waals surface area contributed by atoms with Gasteiger partial charge in [0.05, 0.1) is 17.1 Å². The first kappa shape index (κ1) is 31.4. The number of hydrogen-bond acceptors (Lipinski definition) is 1. The van der Waals surface area contributed by atoms with Crippen LogP contribution in [-0.2, 0) is 5.41 Å². The molecule has 2 nitrogen and oxygen atoms in total. The van der Waals surface area contributed by atoms with Gasteiger partial charge < -0.3 is 9.47 Å². The molecule has 53 heavy (non-hydrogen) atoms. The summed E-state index contributed by atoms with van der Waals surface area (Å²) in [6.45, 7) is 4.73. The minimum Gasteiger partial charge on any atom is -0.334 e. The zero-order valence-corrected chi connectivity index (χ0v) is 30.1. The van der Waals surface area contributed by atoms with Gasteiger partial charge in [-0.2, -0.15) is 0 Å². The van der Waals surface area contributed by atoms with Crippen LogP contribution in [0.1, 0.15) is 37.0 Å². The van der Waals surface area contributed by atoms with Gasteiger partial charge in [-0.1, -0.05) is 147 Å². The molecule has 10 rings (SSSR count). The smallest absolute Gasteiger partial charge is 0.0560 e. The summed E-state index contributed by atoms with van der Waals surface area (Å²) in [5.74, 6) is 0. The lowest BCUT2D eigenvalue weighted by Gasteiger charge is -2.34. The maximum absolute atomic E-state index is 2.54. The van der Waals surface area contributed by atoms with Crippen molar-refractivity contribution in [3.63, 3.8) is 0 Å². The van der Waals surface area contributed by atoms with Gasteiger partial charge in [-0.05, 0) is 106 Å². The van der Waals surface area contributed by atoms with Crippen molar-refractivity contribution in [1.29, 1.82) is 0 Å². The minimum atomic E-state index is -0.0669. The Morgan fingerprint density at radius 2 is 1.17 bits per heavy atom. The molecular formula is C51H40N2. The van der Waals surface area contributed by atoms with Gasteiger partial charge in [0, 0.05) is 33.2 Å². The summed E-state index contributed by atoms with van der Waals surface area (Å²) in [5.41, 5.74) is 16.5. The van der Waals surface area contributed by atoms with Crippen LogP contribution < -0.4 is 4.90 Å². The highest BCUT2D eigenvalue weighted by Crippen LogP contribution is 2.50. The van der Waals surface area contributed by atoms with E-state index >= 15 is 0 Å². The molecule has 0 aliphatic heterocycles. The summed E-state index contributed by atoms with van der Waals surface area (Å²) in [6, 6.07) is 62.3. The quantitative estimate of drug-likeness (QED) is 0.170. The molecule has 0 saturated heterocycles. The third-order valence-corrected chi connectivity index (χ3v) is 11.5. The van der Waals surface area contributed by atoms with Gasteiger partial charge in [0.1, 0.15) is 0 Å². The Bertz CT molecular complexity index is 2710. The highest BCUT2D eigenvalue weighted by molar-refractivity contribution is 6.10. The fourth-order valence-electron chi connectivity index (χ4n) is 8.84. The Morgan fingerprint density at radius 3 is 1.96 bits per heavy atom. The van der Waals surface area contributed by atoms with Crippen molar-refractivity contribution in [2.24, 2.45) is 0 Å². The second kappa shape index (κ2) is 12.4. The van der Waals surface area contributed by atoms with Crippen molar-refractivity contribution in [2.75, 3.05) is 4.90 Å².